The lowest BCUT2D eigenvalue weighted by Crippen LogP contribution is -2.40. The minimum absolute atomic E-state index is 0.210. The number of thiophene rings is 1. The summed E-state index contributed by atoms with van der Waals surface area (Å²) in [4.78, 5) is 27.2. The Bertz CT molecular complexity index is 1020. The van der Waals surface area contributed by atoms with Crippen LogP contribution in [0.15, 0.2) is 36.4 Å². The van der Waals surface area contributed by atoms with Gasteiger partial charge in [-0.05, 0) is 92.9 Å². The molecule has 0 radical (unpaired) electrons. The van der Waals surface area contributed by atoms with E-state index in [0.717, 1.165) is 55.7 Å². The Morgan fingerprint density at radius 1 is 1.03 bits per heavy atom. The van der Waals surface area contributed by atoms with E-state index in [1.54, 1.807) is 6.07 Å². The molecule has 1 aliphatic heterocycles. The van der Waals surface area contributed by atoms with Gasteiger partial charge in [0.1, 0.15) is 4.88 Å². The van der Waals surface area contributed by atoms with Crippen LogP contribution in [0.2, 0.25) is 18.1 Å². The molecule has 204 valence electrons. The van der Waals surface area contributed by atoms with Crippen LogP contribution < -0.4 is 4.90 Å². The molecule has 0 bridgehead atoms. The molecule has 0 unspecified atom stereocenters. The first-order valence-corrected chi connectivity index (χ1v) is 17.6. The van der Waals surface area contributed by atoms with Gasteiger partial charge in [0.25, 0.3) is 0 Å². The van der Waals surface area contributed by atoms with Gasteiger partial charge in [0.15, 0.2) is 8.32 Å². The molecular weight excluding hydrogens is 498 g/mol. The number of carbonyl (C=O) groups is 2. The zero-order valence-electron chi connectivity index (χ0n) is 23.3. The number of anilines is 1. The zero-order chi connectivity index (χ0) is 27.1. The summed E-state index contributed by atoms with van der Waals surface area (Å²) in [5, 5.41) is 9.38. The maximum absolute atomic E-state index is 12.7. The van der Waals surface area contributed by atoms with Crippen molar-refractivity contribution in [3.8, 4) is 0 Å². The standard InChI is InChI=1S/C30H45NO4SSi/c1-30(2,3)37(4,5)35-22-9-7-6-8-11-23-14-16-25(17-15-23)31-24(18-21-28(31)32)12-10-13-26-19-20-27(36-26)29(33)34/h14-17,19-20,24H,6-13,18,21-22H2,1-5H3,(H,33,34)/t24-/m0/s1. The van der Waals surface area contributed by atoms with Crippen LogP contribution in [0.3, 0.4) is 0 Å². The molecule has 3 rings (SSSR count). The SMILES string of the molecule is CC(C)(C)[Si](C)(C)OCCCCCCc1ccc(N2C(=O)CC[C@@H]2CCCc2ccc(C(=O)O)s2)cc1. The van der Waals surface area contributed by atoms with Crippen LogP contribution in [0.4, 0.5) is 5.69 Å². The van der Waals surface area contributed by atoms with E-state index in [-0.39, 0.29) is 17.0 Å². The molecule has 1 fully saturated rings. The minimum atomic E-state index is -1.63. The molecule has 2 heterocycles. The third-order valence-electron chi connectivity index (χ3n) is 8.00. The number of nitrogens with zero attached hydrogens (tertiary/aromatic N) is 1. The summed E-state index contributed by atoms with van der Waals surface area (Å²) in [5.41, 5.74) is 2.33. The van der Waals surface area contributed by atoms with Crippen molar-refractivity contribution in [2.75, 3.05) is 11.5 Å². The molecule has 0 spiro atoms. The van der Waals surface area contributed by atoms with Crippen LogP contribution in [0, 0.1) is 0 Å². The van der Waals surface area contributed by atoms with Crippen molar-refractivity contribution in [1.82, 2.24) is 0 Å². The lowest BCUT2D eigenvalue weighted by molar-refractivity contribution is -0.117. The number of rotatable bonds is 14. The third-order valence-corrected chi connectivity index (χ3v) is 13.7. The van der Waals surface area contributed by atoms with E-state index in [4.69, 9.17) is 9.53 Å². The van der Waals surface area contributed by atoms with Crippen LogP contribution in [0.5, 0.6) is 0 Å². The molecule has 1 atom stereocenters. The number of aromatic carboxylic acids is 1. The van der Waals surface area contributed by atoms with Crippen LogP contribution in [0.1, 0.15) is 92.3 Å². The van der Waals surface area contributed by atoms with E-state index in [0.29, 0.717) is 11.3 Å². The molecular formula is C30H45NO4SSi. The second-order valence-electron chi connectivity index (χ2n) is 11.9. The Labute approximate surface area is 228 Å². The topological polar surface area (TPSA) is 66.8 Å². The molecule has 1 aromatic heterocycles. The Morgan fingerprint density at radius 3 is 2.38 bits per heavy atom. The van der Waals surface area contributed by atoms with Crippen molar-refractivity contribution in [2.24, 2.45) is 0 Å². The first-order valence-electron chi connectivity index (χ1n) is 13.8. The number of benzene rings is 1. The molecule has 0 saturated carbocycles. The highest BCUT2D eigenvalue weighted by Crippen LogP contribution is 2.36. The van der Waals surface area contributed by atoms with Crippen LogP contribution in [-0.4, -0.2) is 37.9 Å². The average Bonchev–Trinajstić information content (AvgIpc) is 3.45. The van der Waals surface area contributed by atoms with Gasteiger partial charge in [-0.25, -0.2) is 4.79 Å². The third kappa shape index (κ3) is 8.52. The molecule has 1 N–H and O–H groups in total. The van der Waals surface area contributed by atoms with Gasteiger partial charge in [-0.3, -0.25) is 4.79 Å². The minimum Gasteiger partial charge on any atom is -0.477 e. The predicted molar refractivity (Wildman–Crippen MR) is 156 cm³/mol. The van der Waals surface area contributed by atoms with Crippen molar-refractivity contribution in [2.45, 2.75) is 109 Å². The summed E-state index contributed by atoms with van der Waals surface area (Å²) in [7, 11) is -1.63. The predicted octanol–water partition coefficient (Wildman–Crippen LogP) is 8.09. The van der Waals surface area contributed by atoms with E-state index < -0.39 is 14.3 Å². The fourth-order valence-corrected chi connectivity index (χ4v) is 6.64. The number of aryl methyl sites for hydroxylation is 2. The van der Waals surface area contributed by atoms with Crippen molar-refractivity contribution >= 4 is 37.2 Å². The Morgan fingerprint density at radius 2 is 1.73 bits per heavy atom. The summed E-state index contributed by atoms with van der Waals surface area (Å²) >= 11 is 1.35. The normalized spacial score (nSPS) is 16.5. The maximum atomic E-state index is 12.7. The number of carboxylic acids is 1. The maximum Gasteiger partial charge on any atom is 0.345 e. The van der Waals surface area contributed by atoms with Crippen LogP contribution in [-0.2, 0) is 22.1 Å². The number of unbranched alkanes of at least 4 members (excludes halogenated alkanes) is 3. The summed E-state index contributed by atoms with van der Waals surface area (Å²) in [6, 6.07) is 12.4. The molecule has 2 aromatic rings. The molecule has 5 nitrogen and oxygen atoms in total. The summed E-state index contributed by atoms with van der Waals surface area (Å²) in [5.74, 6) is -0.652. The Kier molecular flexibility index (Phi) is 10.6. The van der Waals surface area contributed by atoms with Crippen molar-refractivity contribution in [1.29, 1.82) is 0 Å². The van der Waals surface area contributed by atoms with E-state index in [1.165, 1.54) is 36.2 Å². The summed E-state index contributed by atoms with van der Waals surface area (Å²) in [6.45, 7) is 12.4. The summed E-state index contributed by atoms with van der Waals surface area (Å²) < 4.78 is 6.28. The van der Waals surface area contributed by atoms with Gasteiger partial charge < -0.3 is 14.4 Å². The molecule has 1 amide bonds. The number of hydrogen-bond donors (Lipinski definition) is 1. The number of amides is 1. The van der Waals surface area contributed by atoms with Gasteiger partial charge in [0.2, 0.25) is 5.91 Å². The molecule has 0 aliphatic carbocycles. The van der Waals surface area contributed by atoms with Crippen molar-refractivity contribution < 1.29 is 19.1 Å². The van der Waals surface area contributed by atoms with Gasteiger partial charge in [-0.15, -0.1) is 11.3 Å². The fraction of sp³-hybridized carbons (Fsp3) is 0.600. The van der Waals surface area contributed by atoms with Gasteiger partial charge in [-0.2, -0.15) is 0 Å². The monoisotopic (exact) mass is 543 g/mol. The average molecular weight is 544 g/mol. The van der Waals surface area contributed by atoms with Gasteiger partial charge in [0, 0.05) is 29.6 Å². The van der Waals surface area contributed by atoms with E-state index in [1.807, 2.05) is 11.0 Å². The fourth-order valence-electron chi connectivity index (χ4n) is 4.66. The van der Waals surface area contributed by atoms with E-state index in [9.17, 15) is 9.59 Å². The summed E-state index contributed by atoms with van der Waals surface area (Å²) in [6.07, 6.45) is 10.1. The van der Waals surface area contributed by atoms with Crippen LogP contribution >= 0.6 is 11.3 Å². The van der Waals surface area contributed by atoms with E-state index in [2.05, 4.69) is 58.1 Å². The number of carbonyl (C=O) groups excluding carboxylic acids is 1. The lowest BCUT2D eigenvalue weighted by Gasteiger charge is -2.36. The highest BCUT2D eigenvalue weighted by Gasteiger charge is 2.36. The Hall–Kier alpha value is -1.96. The van der Waals surface area contributed by atoms with Crippen molar-refractivity contribution in [3.63, 3.8) is 0 Å². The second-order valence-corrected chi connectivity index (χ2v) is 17.8. The number of carboxylic acid groups (broad SMARTS) is 1. The molecule has 1 aromatic carbocycles. The second kappa shape index (κ2) is 13.2. The molecule has 1 saturated heterocycles. The van der Waals surface area contributed by atoms with Crippen molar-refractivity contribution in [3.05, 3.63) is 51.7 Å². The number of hydrogen-bond acceptors (Lipinski definition) is 4. The highest BCUT2D eigenvalue weighted by atomic mass is 32.1. The quantitative estimate of drug-likeness (QED) is 0.193. The van der Waals surface area contributed by atoms with E-state index >= 15 is 0 Å². The van der Waals surface area contributed by atoms with Gasteiger partial charge >= 0.3 is 5.97 Å². The smallest absolute Gasteiger partial charge is 0.345 e. The zero-order valence-corrected chi connectivity index (χ0v) is 25.2. The first-order chi connectivity index (χ1) is 17.5. The molecule has 37 heavy (non-hydrogen) atoms. The molecule has 1 aliphatic rings. The molecule has 7 heteroatoms. The van der Waals surface area contributed by atoms with Gasteiger partial charge in [-0.1, -0.05) is 45.7 Å². The highest BCUT2D eigenvalue weighted by molar-refractivity contribution is 7.13. The first kappa shape index (κ1) is 29.6. The van der Waals surface area contributed by atoms with Crippen LogP contribution in [0.25, 0.3) is 0 Å². The lowest BCUT2D eigenvalue weighted by atomic mass is 10.0. The largest absolute Gasteiger partial charge is 0.477 e. The Balaban J connectivity index is 1.39. The van der Waals surface area contributed by atoms with Gasteiger partial charge in [0.05, 0.1) is 0 Å².